The van der Waals surface area contributed by atoms with Crippen molar-refractivity contribution in [3.8, 4) is 5.75 Å². The summed E-state index contributed by atoms with van der Waals surface area (Å²) in [6.07, 6.45) is 0.712. The molecule has 0 aliphatic rings. The molecule has 1 unspecified atom stereocenters. The van der Waals surface area contributed by atoms with Gasteiger partial charge in [0.2, 0.25) is 10.0 Å². The van der Waals surface area contributed by atoms with Crippen LogP contribution in [-0.4, -0.2) is 33.5 Å². The Morgan fingerprint density at radius 2 is 1.79 bits per heavy atom. The predicted molar refractivity (Wildman–Crippen MR) is 94.5 cm³/mol. The van der Waals surface area contributed by atoms with Gasteiger partial charge >= 0.3 is 0 Å². The van der Waals surface area contributed by atoms with Crippen molar-refractivity contribution in [3.63, 3.8) is 0 Å². The summed E-state index contributed by atoms with van der Waals surface area (Å²) >= 11 is 0. The van der Waals surface area contributed by atoms with Crippen LogP contribution < -0.4 is 14.8 Å². The molecule has 0 aromatic heterocycles. The number of carbonyl (C=O) groups is 1. The zero-order valence-corrected chi connectivity index (χ0v) is 15.9. The van der Waals surface area contributed by atoms with Gasteiger partial charge in [-0.25, -0.2) is 13.1 Å². The highest BCUT2D eigenvalue weighted by atomic mass is 32.2. The van der Waals surface area contributed by atoms with E-state index >= 15 is 0 Å². The lowest BCUT2D eigenvalue weighted by atomic mass is 9.97. The number of hydrogen-bond acceptors (Lipinski definition) is 4. The maximum Gasteiger partial charge on any atom is 0.257 e. The molecule has 1 rings (SSSR count). The van der Waals surface area contributed by atoms with Crippen LogP contribution in [0.2, 0.25) is 0 Å². The zero-order chi connectivity index (χ0) is 18.4. The standard InChI is InChI=1S/C17H28N2O4S/c1-6-13(2)19-24(21,22)15-9-7-14(8-10-15)23-11-16(20)18-12-17(3,4)5/h7-10,13,19H,6,11-12H2,1-5H3,(H,18,20). The smallest absolute Gasteiger partial charge is 0.257 e. The topological polar surface area (TPSA) is 84.5 Å². The van der Waals surface area contributed by atoms with Crippen molar-refractivity contribution in [1.82, 2.24) is 10.0 Å². The van der Waals surface area contributed by atoms with Crippen LogP contribution in [-0.2, 0) is 14.8 Å². The molecule has 1 atom stereocenters. The number of carbonyl (C=O) groups excluding carboxylic acids is 1. The molecule has 24 heavy (non-hydrogen) atoms. The number of nitrogens with one attached hydrogen (secondary N) is 2. The fourth-order valence-corrected chi connectivity index (χ4v) is 3.02. The third-order valence-electron chi connectivity index (χ3n) is 3.29. The molecule has 136 valence electrons. The number of amides is 1. The Labute approximate surface area is 145 Å². The van der Waals surface area contributed by atoms with E-state index in [4.69, 9.17) is 4.74 Å². The second-order valence-electron chi connectivity index (χ2n) is 7.03. The fourth-order valence-electron chi connectivity index (χ4n) is 1.69. The molecule has 0 heterocycles. The molecular weight excluding hydrogens is 328 g/mol. The predicted octanol–water partition coefficient (Wildman–Crippen LogP) is 2.30. The Bertz CT molecular complexity index is 634. The Morgan fingerprint density at radius 1 is 1.21 bits per heavy atom. The van der Waals surface area contributed by atoms with Gasteiger partial charge in [-0.2, -0.15) is 0 Å². The SMILES string of the molecule is CCC(C)NS(=O)(=O)c1ccc(OCC(=O)NCC(C)(C)C)cc1. The van der Waals surface area contributed by atoms with Crippen molar-refractivity contribution >= 4 is 15.9 Å². The summed E-state index contributed by atoms with van der Waals surface area (Å²) in [6, 6.07) is 5.89. The van der Waals surface area contributed by atoms with Crippen molar-refractivity contribution in [3.05, 3.63) is 24.3 Å². The fraction of sp³-hybridized carbons (Fsp3) is 0.588. The van der Waals surface area contributed by atoms with Crippen LogP contribution >= 0.6 is 0 Å². The molecule has 1 aromatic rings. The molecule has 0 bridgehead atoms. The minimum atomic E-state index is -3.53. The van der Waals surface area contributed by atoms with Crippen LogP contribution in [0.3, 0.4) is 0 Å². The highest BCUT2D eigenvalue weighted by Gasteiger charge is 2.16. The molecule has 0 saturated heterocycles. The normalized spacial score (nSPS) is 13.4. The second kappa shape index (κ2) is 8.48. The monoisotopic (exact) mass is 356 g/mol. The van der Waals surface area contributed by atoms with Gasteiger partial charge in [-0.05, 0) is 43.0 Å². The summed E-state index contributed by atoms with van der Waals surface area (Å²) in [5, 5.41) is 2.79. The maximum absolute atomic E-state index is 12.1. The molecule has 1 aromatic carbocycles. The number of sulfonamides is 1. The van der Waals surface area contributed by atoms with E-state index in [0.717, 1.165) is 0 Å². The van der Waals surface area contributed by atoms with Gasteiger partial charge < -0.3 is 10.1 Å². The molecule has 0 fully saturated rings. The molecule has 1 amide bonds. The number of rotatable bonds is 8. The molecule has 2 N–H and O–H groups in total. The Kier molecular flexibility index (Phi) is 7.23. The number of hydrogen-bond donors (Lipinski definition) is 2. The first-order valence-corrected chi connectivity index (χ1v) is 9.54. The minimum Gasteiger partial charge on any atom is -0.484 e. The molecule has 0 aliphatic heterocycles. The van der Waals surface area contributed by atoms with E-state index in [0.29, 0.717) is 18.7 Å². The summed E-state index contributed by atoms with van der Waals surface area (Å²) in [5.74, 6) is 0.239. The third-order valence-corrected chi connectivity index (χ3v) is 4.89. The maximum atomic E-state index is 12.1. The van der Waals surface area contributed by atoms with Gasteiger partial charge in [-0.3, -0.25) is 4.79 Å². The summed E-state index contributed by atoms with van der Waals surface area (Å²) < 4.78 is 32.2. The lowest BCUT2D eigenvalue weighted by molar-refractivity contribution is -0.123. The zero-order valence-electron chi connectivity index (χ0n) is 15.0. The summed E-state index contributed by atoms with van der Waals surface area (Å²) in [5.41, 5.74) is 0.00823. The summed E-state index contributed by atoms with van der Waals surface area (Å²) in [6.45, 7) is 10.3. The van der Waals surface area contributed by atoms with E-state index in [1.807, 2.05) is 34.6 Å². The molecular formula is C17H28N2O4S. The molecule has 0 spiro atoms. The van der Waals surface area contributed by atoms with Crippen LogP contribution in [0.25, 0.3) is 0 Å². The first kappa shape index (κ1) is 20.4. The number of benzene rings is 1. The largest absolute Gasteiger partial charge is 0.484 e. The highest BCUT2D eigenvalue weighted by Crippen LogP contribution is 2.16. The highest BCUT2D eigenvalue weighted by molar-refractivity contribution is 7.89. The third kappa shape index (κ3) is 7.31. The van der Waals surface area contributed by atoms with Gasteiger partial charge in [-0.15, -0.1) is 0 Å². The second-order valence-corrected chi connectivity index (χ2v) is 8.74. The van der Waals surface area contributed by atoms with Crippen molar-refractivity contribution in [2.24, 2.45) is 5.41 Å². The van der Waals surface area contributed by atoms with Gasteiger partial charge in [0, 0.05) is 12.6 Å². The van der Waals surface area contributed by atoms with Gasteiger partial charge in [-0.1, -0.05) is 27.7 Å². The number of ether oxygens (including phenoxy) is 1. The average molecular weight is 356 g/mol. The Balaban J connectivity index is 2.58. The van der Waals surface area contributed by atoms with E-state index < -0.39 is 10.0 Å². The van der Waals surface area contributed by atoms with E-state index in [9.17, 15) is 13.2 Å². The van der Waals surface area contributed by atoms with Gasteiger partial charge in [0.15, 0.2) is 6.61 Å². The van der Waals surface area contributed by atoms with Crippen molar-refractivity contribution in [1.29, 1.82) is 0 Å². The summed E-state index contributed by atoms with van der Waals surface area (Å²) in [7, 11) is -3.53. The first-order chi connectivity index (χ1) is 11.0. The van der Waals surface area contributed by atoms with Crippen LogP contribution in [0.5, 0.6) is 5.75 Å². The summed E-state index contributed by atoms with van der Waals surface area (Å²) in [4.78, 5) is 11.9. The minimum absolute atomic E-state index is 0.00823. The van der Waals surface area contributed by atoms with E-state index in [1.165, 1.54) is 12.1 Å². The van der Waals surface area contributed by atoms with Gasteiger partial charge in [0.05, 0.1) is 4.90 Å². The molecule has 7 heteroatoms. The van der Waals surface area contributed by atoms with Crippen LogP contribution in [0.1, 0.15) is 41.0 Å². The Morgan fingerprint density at radius 3 is 2.29 bits per heavy atom. The molecule has 6 nitrogen and oxygen atoms in total. The van der Waals surface area contributed by atoms with Gasteiger partial charge in [0.1, 0.15) is 5.75 Å². The Hall–Kier alpha value is -1.60. The quantitative estimate of drug-likeness (QED) is 0.748. The lowest BCUT2D eigenvalue weighted by Crippen LogP contribution is -2.35. The van der Waals surface area contributed by atoms with Gasteiger partial charge in [0.25, 0.3) is 5.91 Å². The van der Waals surface area contributed by atoms with Crippen molar-refractivity contribution in [2.75, 3.05) is 13.2 Å². The van der Waals surface area contributed by atoms with E-state index in [1.54, 1.807) is 12.1 Å². The van der Waals surface area contributed by atoms with Crippen LogP contribution in [0.4, 0.5) is 0 Å². The molecule has 0 radical (unpaired) electrons. The average Bonchev–Trinajstić information content (AvgIpc) is 2.50. The molecule has 0 saturated carbocycles. The first-order valence-electron chi connectivity index (χ1n) is 8.05. The van der Waals surface area contributed by atoms with Crippen molar-refractivity contribution < 1.29 is 17.9 Å². The van der Waals surface area contributed by atoms with E-state index in [2.05, 4.69) is 10.0 Å². The lowest BCUT2D eigenvalue weighted by Gasteiger charge is -2.18. The van der Waals surface area contributed by atoms with Crippen LogP contribution in [0.15, 0.2) is 29.2 Å². The van der Waals surface area contributed by atoms with Crippen molar-refractivity contribution in [2.45, 2.75) is 52.0 Å². The van der Waals surface area contributed by atoms with E-state index in [-0.39, 0.29) is 28.9 Å². The molecule has 0 aliphatic carbocycles. The van der Waals surface area contributed by atoms with Crippen LogP contribution in [0, 0.1) is 5.41 Å².